The minimum absolute atomic E-state index is 0.0423. The molecule has 0 bridgehead atoms. The Hall–Kier alpha value is -8.00. The first-order chi connectivity index (χ1) is 37.7. The Kier molecular flexibility index (Phi) is 25.8. The molecule has 0 unspecified atom stereocenters. The SMILES string of the molecule is COC(OC)OC.Cc1nccc(N)c1[N+](=O)[O-].Cc1nccc(Nc2cc(Br)ccn2)c1[N+](=O)[O-].Cc1nccc(Nc2cc(Br)ccn2)c1[N+](=O)[O-].Cc1nccc2c1ncn2-c1cc(Br)ccn1.Fc1cc(Br)ccn1. The lowest BCUT2D eigenvalue weighted by Crippen LogP contribution is -2.14. The molecule has 4 N–H and O–H groups in total. The van der Waals surface area contributed by atoms with Crippen LogP contribution in [0.1, 0.15) is 22.8 Å². The summed E-state index contributed by atoms with van der Waals surface area (Å²) < 4.78 is 31.2. The Morgan fingerprint density at radius 2 is 0.911 bits per heavy atom. The van der Waals surface area contributed by atoms with Gasteiger partial charge in [-0.25, -0.2) is 24.9 Å². The van der Waals surface area contributed by atoms with Crippen molar-refractivity contribution < 1.29 is 33.4 Å². The first kappa shape index (κ1) is 63.5. The minimum atomic E-state index is -0.530. The van der Waals surface area contributed by atoms with Crippen LogP contribution in [-0.2, 0) is 14.2 Å². The van der Waals surface area contributed by atoms with Crippen molar-refractivity contribution in [2.75, 3.05) is 37.7 Å². The molecule has 0 fully saturated rings. The maximum absolute atomic E-state index is 12.0. The van der Waals surface area contributed by atoms with Gasteiger partial charge in [-0.05, 0) is 94.4 Å². The topological polar surface area (TPSA) is 328 Å². The monoisotopic (exact) mass is 1340 g/mol. The van der Waals surface area contributed by atoms with E-state index in [1.165, 1.54) is 58.2 Å². The van der Waals surface area contributed by atoms with Crippen LogP contribution >= 0.6 is 63.7 Å². The maximum Gasteiger partial charge on any atom is 0.313 e. The summed E-state index contributed by atoms with van der Waals surface area (Å²) in [6.45, 7) is 6.18. The molecule has 412 valence electrons. The molecule has 30 heteroatoms. The molecule has 0 atom stereocenters. The van der Waals surface area contributed by atoms with Gasteiger partial charge in [-0.3, -0.25) is 54.8 Å². The zero-order valence-electron chi connectivity index (χ0n) is 42.7. The summed E-state index contributed by atoms with van der Waals surface area (Å²) in [6.07, 6.45) is 14.4. The summed E-state index contributed by atoms with van der Waals surface area (Å²) in [5.74, 6) is 1.43. The van der Waals surface area contributed by atoms with E-state index in [0.29, 0.717) is 44.6 Å². The second kappa shape index (κ2) is 32.0. The first-order valence-corrected chi connectivity index (χ1v) is 25.4. The highest BCUT2D eigenvalue weighted by Gasteiger charge is 2.20. The van der Waals surface area contributed by atoms with Crippen LogP contribution in [0.4, 0.5) is 50.2 Å². The number of rotatable bonds is 11. The number of aryl methyl sites for hydroxylation is 4. The molecule has 0 saturated carbocycles. The zero-order valence-corrected chi connectivity index (χ0v) is 49.0. The number of nitrogen functional groups attached to an aromatic ring is 1. The standard InChI is InChI=1S/C12H9BrN4.2C11H9BrN4O2.C6H7N3O2.C5H3BrFN.C4H10O3/c1-8-12-10(3-5-14-8)17(7-16-12)11-6-9(13)2-4-15-11;2*1-7-11(16(17)18)9(3-5-13-7)15-10-6-8(12)2-4-14-10;1-4-6(9(10)11)5(7)2-3-8-4;6-4-1-2-8-5(7)3-4;1-5-4(6-2)7-3/h2-7H,1H3;2*2-6H,1H3,(H,13,14,15);2-3H,1H3,(H2,7,8);1-3H;4H,1-3H3. The third-order valence-electron chi connectivity index (χ3n) is 9.74. The second-order valence-corrected chi connectivity index (χ2v) is 18.8. The van der Waals surface area contributed by atoms with Crippen molar-refractivity contribution in [3.05, 3.63) is 206 Å². The Labute approximate surface area is 483 Å². The van der Waals surface area contributed by atoms with Gasteiger partial charge in [-0.1, -0.05) is 63.7 Å². The number of pyridine rings is 8. The van der Waals surface area contributed by atoms with Crippen molar-refractivity contribution in [1.82, 2.24) is 49.4 Å². The lowest BCUT2D eigenvalue weighted by atomic mass is 10.2. The van der Waals surface area contributed by atoms with E-state index in [9.17, 15) is 34.7 Å². The number of anilines is 5. The summed E-state index contributed by atoms with van der Waals surface area (Å²) in [5.41, 5.74) is 9.97. The minimum Gasteiger partial charge on any atom is -0.393 e. The number of halogens is 5. The summed E-state index contributed by atoms with van der Waals surface area (Å²) in [5, 5.41) is 38.1. The first-order valence-electron chi connectivity index (χ1n) is 22.3. The van der Waals surface area contributed by atoms with Crippen LogP contribution in [0, 0.1) is 64.0 Å². The van der Waals surface area contributed by atoms with Gasteiger partial charge < -0.3 is 30.6 Å². The highest BCUT2D eigenvalue weighted by molar-refractivity contribution is 9.11. The molecule has 9 rings (SSSR count). The second-order valence-electron chi connectivity index (χ2n) is 15.2. The number of methoxy groups -OCH3 is 3. The van der Waals surface area contributed by atoms with Crippen molar-refractivity contribution >= 4 is 121 Å². The summed E-state index contributed by atoms with van der Waals surface area (Å²) >= 11 is 13.1. The molecule has 0 aromatic carbocycles. The van der Waals surface area contributed by atoms with E-state index in [2.05, 4.69) is 133 Å². The zero-order chi connectivity index (χ0) is 58.2. The van der Waals surface area contributed by atoms with Gasteiger partial charge in [0.25, 0.3) is 6.48 Å². The normalized spacial score (nSPS) is 10.1. The molecule has 9 aromatic heterocycles. The lowest BCUT2D eigenvalue weighted by molar-refractivity contribution is -0.384. The predicted molar refractivity (Wildman–Crippen MR) is 308 cm³/mol. The Morgan fingerprint density at radius 3 is 1.29 bits per heavy atom. The Morgan fingerprint density at radius 1 is 0.519 bits per heavy atom. The predicted octanol–water partition coefficient (Wildman–Crippen LogP) is 12.4. The van der Waals surface area contributed by atoms with E-state index < -0.39 is 27.2 Å². The average molecular weight is 1340 g/mol. The molecular weight excluding hydrogens is 1300 g/mol. The van der Waals surface area contributed by atoms with Crippen LogP contribution in [0.3, 0.4) is 0 Å². The van der Waals surface area contributed by atoms with Gasteiger partial charge in [0.05, 0.1) is 26.0 Å². The van der Waals surface area contributed by atoms with Crippen LogP contribution in [0.5, 0.6) is 0 Å². The van der Waals surface area contributed by atoms with Crippen molar-refractivity contribution in [3.63, 3.8) is 0 Å². The van der Waals surface area contributed by atoms with Gasteiger partial charge in [-0.2, -0.15) is 4.39 Å². The smallest absolute Gasteiger partial charge is 0.313 e. The number of nitrogens with two attached hydrogens (primary N) is 1. The summed E-state index contributed by atoms with van der Waals surface area (Å²) in [7, 11) is 4.53. The van der Waals surface area contributed by atoms with Gasteiger partial charge in [0.1, 0.15) is 63.4 Å². The van der Waals surface area contributed by atoms with Crippen LogP contribution < -0.4 is 16.4 Å². The van der Waals surface area contributed by atoms with Gasteiger partial charge in [0, 0.05) is 94.9 Å². The summed E-state index contributed by atoms with van der Waals surface area (Å²) in [6, 6.07) is 20.3. The number of fused-ring (bicyclic) bond motifs is 1. The van der Waals surface area contributed by atoms with Crippen molar-refractivity contribution in [3.8, 4) is 5.82 Å². The third-order valence-corrected chi connectivity index (χ3v) is 11.7. The molecule has 0 spiro atoms. The molecule has 9 heterocycles. The molecule has 0 amide bonds. The molecule has 0 saturated heterocycles. The highest BCUT2D eigenvalue weighted by atomic mass is 79.9. The van der Waals surface area contributed by atoms with Crippen molar-refractivity contribution in [2.45, 2.75) is 34.2 Å². The molecule has 0 aliphatic rings. The van der Waals surface area contributed by atoms with E-state index in [0.717, 1.165) is 36.0 Å². The van der Waals surface area contributed by atoms with Gasteiger partial charge >= 0.3 is 17.1 Å². The number of aromatic nitrogens is 10. The summed E-state index contributed by atoms with van der Waals surface area (Å²) in [4.78, 5) is 66.9. The van der Waals surface area contributed by atoms with Gasteiger partial charge in [0.2, 0.25) is 5.95 Å². The van der Waals surface area contributed by atoms with Crippen LogP contribution in [0.15, 0.2) is 147 Å². The quantitative estimate of drug-likeness (QED) is 0.0469. The highest BCUT2D eigenvalue weighted by Crippen LogP contribution is 2.31. The van der Waals surface area contributed by atoms with Gasteiger partial charge in [0.15, 0.2) is 0 Å². The fourth-order valence-electron chi connectivity index (χ4n) is 6.27. The number of ether oxygens (including phenoxy) is 3. The van der Waals surface area contributed by atoms with E-state index in [-0.39, 0.29) is 22.7 Å². The van der Waals surface area contributed by atoms with Crippen molar-refractivity contribution in [2.24, 2.45) is 0 Å². The number of nitro groups is 3. The molecule has 25 nitrogen and oxygen atoms in total. The van der Waals surface area contributed by atoms with Crippen LogP contribution in [-0.4, -0.2) is 92.0 Å². The van der Waals surface area contributed by atoms with Crippen LogP contribution in [0.2, 0.25) is 0 Å². The third kappa shape index (κ3) is 20.1. The number of imidazole rings is 1. The Balaban J connectivity index is 0.000000211. The molecule has 9 aromatic rings. The fourth-order valence-corrected chi connectivity index (χ4v) is 7.57. The molecule has 79 heavy (non-hydrogen) atoms. The van der Waals surface area contributed by atoms with Crippen molar-refractivity contribution in [1.29, 1.82) is 0 Å². The number of hydrogen-bond donors (Lipinski definition) is 3. The molecule has 0 aliphatic carbocycles. The average Bonchev–Trinajstić information content (AvgIpc) is 3.91. The van der Waals surface area contributed by atoms with E-state index >= 15 is 0 Å². The molecule has 0 aliphatic heterocycles. The molecule has 0 radical (unpaired) electrons. The van der Waals surface area contributed by atoms with E-state index in [4.69, 9.17) is 5.73 Å². The number of nitrogens with one attached hydrogen (secondary N) is 2. The maximum atomic E-state index is 12.0. The van der Waals surface area contributed by atoms with Gasteiger partial charge in [-0.15, -0.1) is 0 Å². The molecular formula is C49H47Br4FN16O9. The van der Waals surface area contributed by atoms with E-state index in [1.54, 1.807) is 94.4 Å². The fraction of sp³-hybridized carbons (Fsp3) is 0.163. The van der Waals surface area contributed by atoms with E-state index in [1.807, 2.05) is 29.7 Å². The number of nitrogens with zero attached hydrogens (tertiary/aromatic N) is 13. The largest absolute Gasteiger partial charge is 0.393 e. The lowest BCUT2D eigenvalue weighted by Gasteiger charge is -2.08. The van der Waals surface area contributed by atoms with Crippen LogP contribution in [0.25, 0.3) is 16.9 Å². The Bertz CT molecular complexity index is 3350. The number of hydrogen-bond acceptors (Lipinski definition) is 21.